The van der Waals surface area contributed by atoms with E-state index in [1.54, 1.807) is 41.5 Å². The molecule has 0 saturated carbocycles. The van der Waals surface area contributed by atoms with Gasteiger partial charge in [0, 0.05) is 0 Å². The summed E-state index contributed by atoms with van der Waals surface area (Å²) in [4.78, 5) is 22.5. The van der Waals surface area contributed by atoms with Gasteiger partial charge in [-0.2, -0.15) is 0 Å². The van der Waals surface area contributed by atoms with Crippen LogP contribution in [0.25, 0.3) is 0 Å². The van der Waals surface area contributed by atoms with Crippen molar-refractivity contribution in [2.45, 2.75) is 59.9 Å². The fourth-order valence-electron chi connectivity index (χ4n) is 1.11. The lowest BCUT2D eigenvalue weighted by Crippen LogP contribution is -2.17. The molecule has 0 saturated heterocycles. The van der Waals surface area contributed by atoms with Gasteiger partial charge in [-0.1, -0.05) is 5.04 Å². The van der Waals surface area contributed by atoms with E-state index in [2.05, 4.69) is 14.5 Å². The van der Waals surface area contributed by atoms with E-state index in [9.17, 15) is 14.2 Å². The van der Waals surface area contributed by atoms with E-state index in [0.29, 0.717) is 0 Å². The highest BCUT2D eigenvalue weighted by molar-refractivity contribution is 7.53. The molecule has 0 rings (SSSR count). The van der Waals surface area contributed by atoms with Gasteiger partial charge in [-0.05, 0) is 41.5 Å². The molecule has 0 amide bonds. The summed E-state index contributed by atoms with van der Waals surface area (Å²) in [5, 5.41) is 15.5. The van der Waals surface area contributed by atoms with Crippen LogP contribution < -0.4 is 0 Å². The molecule has 0 aromatic rings. The summed E-state index contributed by atoms with van der Waals surface area (Å²) in [7, 11) is -3.84. The minimum atomic E-state index is -3.84. The Labute approximate surface area is 163 Å². The molecule has 0 bridgehead atoms. The average molecular weight is 436 g/mol. The van der Waals surface area contributed by atoms with Gasteiger partial charge in [-0.3, -0.25) is 13.6 Å². The van der Waals surface area contributed by atoms with Gasteiger partial charge in [0.05, 0.1) is 18.3 Å². The predicted molar refractivity (Wildman–Crippen MR) is 92.3 cm³/mol. The lowest BCUT2D eigenvalue weighted by atomic mass is 10.5. The van der Waals surface area contributed by atoms with Crippen LogP contribution >= 0.6 is 7.60 Å². The fraction of sp³-hybridized carbons (Fsp3) is 0.857. The molecule has 2 N–H and O–H groups in total. The molecule has 0 aliphatic rings. The van der Waals surface area contributed by atoms with E-state index in [1.165, 1.54) is 0 Å². The van der Waals surface area contributed by atoms with E-state index < -0.39 is 39.8 Å². The number of ether oxygens (including phenoxy) is 5. The van der Waals surface area contributed by atoms with Gasteiger partial charge in [0.15, 0.2) is 0 Å². The molecule has 0 aromatic carbocycles. The molecule has 168 valence electrons. The minimum absolute atomic E-state index is 0.251. The topological polar surface area (TPSA) is 166 Å². The molecule has 0 aromatic heterocycles. The molecule has 0 radical (unpaired) electrons. The molecule has 0 heterocycles. The van der Waals surface area contributed by atoms with Crippen molar-refractivity contribution in [2.24, 2.45) is 0 Å². The van der Waals surface area contributed by atoms with Crippen LogP contribution in [0.15, 0.2) is 0 Å². The summed E-state index contributed by atoms with van der Waals surface area (Å²) in [5.74, 6) is 0. The van der Waals surface area contributed by atoms with Gasteiger partial charge in [-0.15, -0.1) is 0 Å². The molecular weight excluding hydrogens is 407 g/mol. The first-order chi connectivity index (χ1) is 13.0. The van der Waals surface area contributed by atoms with Crippen LogP contribution in [0.3, 0.4) is 0 Å². The summed E-state index contributed by atoms with van der Waals surface area (Å²) in [5.41, 5.74) is 0. The molecule has 14 heteroatoms. The molecule has 28 heavy (non-hydrogen) atoms. The third-order valence-corrected chi connectivity index (χ3v) is 3.55. The summed E-state index contributed by atoms with van der Waals surface area (Å²) >= 11 is 0. The van der Waals surface area contributed by atoms with Gasteiger partial charge >= 0.3 is 19.9 Å². The van der Waals surface area contributed by atoms with Crippen molar-refractivity contribution in [1.82, 2.24) is 0 Å². The van der Waals surface area contributed by atoms with Crippen LogP contribution in [0, 0.1) is 0 Å². The lowest BCUT2D eigenvalue weighted by Gasteiger charge is -2.19. The Balaban J connectivity index is 0. The third-order valence-electron chi connectivity index (χ3n) is 2.08. The smallest absolute Gasteiger partial charge is 0.432 e. The maximum atomic E-state index is 12.5. The van der Waals surface area contributed by atoms with E-state index >= 15 is 0 Å². The molecule has 0 spiro atoms. The molecule has 0 aliphatic heterocycles. The van der Waals surface area contributed by atoms with E-state index in [1.807, 2.05) is 0 Å². The van der Waals surface area contributed by atoms with Crippen LogP contribution in [0.5, 0.6) is 0 Å². The second-order valence-electron chi connectivity index (χ2n) is 5.65. The highest BCUT2D eigenvalue weighted by Crippen LogP contribution is 2.48. The Kier molecular flexibility index (Phi) is 16.9. The Morgan fingerprint density at radius 3 is 1.43 bits per heavy atom. The first kappa shape index (κ1) is 28.7. The monoisotopic (exact) mass is 436 g/mol. The predicted octanol–water partition coefficient (Wildman–Crippen LogP) is 3.58. The van der Waals surface area contributed by atoms with Gasteiger partial charge in [0.2, 0.25) is 13.6 Å². The van der Waals surface area contributed by atoms with Crippen LogP contribution in [-0.2, 0) is 42.3 Å². The van der Waals surface area contributed by atoms with Crippen molar-refractivity contribution in [3.8, 4) is 0 Å². The maximum Gasteiger partial charge on any atom is 0.510 e. The Hall–Kier alpha value is -1.47. The minimum Gasteiger partial charge on any atom is -0.432 e. The highest BCUT2D eigenvalue weighted by Gasteiger charge is 2.28. The number of carbonyl (C=O) groups is 2. The normalized spacial score (nSPS) is 11.1. The molecular formula is C14H29O13P. The van der Waals surface area contributed by atoms with Crippen molar-refractivity contribution in [3.05, 3.63) is 0 Å². The van der Waals surface area contributed by atoms with Gasteiger partial charge < -0.3 is 23.7 Å². The lowest BCUT2D eigenvalue weighted by molar-refractivity contribution is -0.465. The highest BCUT2D eigenvalue weighted by atomic mass is 31.2. The number of hydrogen-bond donors (Lipinski definition) is 2. The second-order valence-corrected chi connectivity index (χ2v) is 7.65. The van der Waals surface area contributed by atoms with Gasteiger partial charge in [-0.25, -0.2) is 20.1 Å². The Morgan fingerprint density at radius 1 is 0.786 bits per heavy atom. The fourth-order valence-corrected chi connectivity index (χ4v) is 2.25. The SMILES string of the molecule is CC(C)OCP(=O)(OCOC(=O)OC(C)C)OCOC(=O)OC(C)C.OOO. The molecule has 0 unspecified atom stereocenters. The van der Waals surface area contributed by atoms with Gasteiger partial charge in [0.1, 0.15) is 6.35 Å². The number of hydrogen-bond acceptors (Lipinski definition) is 13. The Morgan fingerprint density at radius 2 is 1.14 bits per heavy atom. The maximum absolute atomic E-state index is 12.5. The summed E-state index contributed by atoms with van der Waals surface area (Å²) in [6.07, 6.45) is -3.39. The standard InChI is InChI=1S/C14H27O10P.H2O3/c1-10(2)20-9-25(17,21-7-18-13(15)23-11(3)4)22-8-19-14(16)24-12(5)6;1-3-2/h10-12H,7-9H2,1-6H3;1-2H. The molecule has 0 atom stereocenters. The second kappa shape index (κ2) is 16.5. The van der Waals surface area contributed by atoms with Crippen molar-refractivity contribution >= 4 is 19.9 Å². The summed E-state index contributed by atoms with van der Waals surface area (Å²) < 4.78 is 46.3. The first-order valence-corrected chi connectivity index (χ1v) is 9.80. The zero-order chi connectivity index (χ0) is 22.2. The van der Waals surface area contributed by atoms with Crippen LogP contribution in [0.2, 0.25) is 0 Å². The first-order valence-electron chi connectivity index (χ1n) is 8.07. The summed E-state index contributed by atoms with van der Waals surface area (Å²) in [6.45, 7) is 8.64. The molecule has 13 nitrogen and oxygen atoms in total. The Bertz CT molecular complexity index is 434. The zero-order valence-corrected chi connectivity index (χ0v) is 17.6. The van der Waals surface area contributed by atoms with Crippen LogP contribution in [-0.4, -0.2) is 61.1 Å². The molecule has 0 aliphatic carbocycles. The van der Waals surface area contributed by atoms with Crippen LogP contribution in [0.4, 0.5) is 9.59 Å². The number of rotatable bonds is 11. The zero-order valence-electron chi connectivity index (χ0n) is 16.7. The van der Waals surface area contributed by atoms with Crippen LogP contribution in [0.1, 0.15) is 41.5 Å². The summed E-state index contributed by atoms with van der Waals surface area (Å²) in [6, 6.07) is 0. The molecule has 0 fully saturated rings. The van der Waals surface area contributed by atoms with E-state index in [0.717, 1.165) is 0 Å². The van der Waals surface area contributed by atoms with E-state index in [-0.39, 0.29) is 18.3 Å². The number of carbonyl (C=O) groups excluding carboxylic acids is 2. The van der Waals surface area contributed by atoms with Crippen molar-refractivity contribution in [1.29, 1.82) is 0 Å². The average Bonchev–Trinajstić information content (AvgIpc) is 2.52. The van der Waals surface area contributed by atoms with E-state index in [4.69, 9.17) is 33.8 Å². The van der Waals surface area contributed by atoms with Gasteiger partial charge in [0.25, 0.3) is 0 Å². The van der Waals surface area contributed by atoms with Crippen molar-refractivity contribution < 1.29 is 62.4 Å². The quantitative estimate of drug-likeness (QED) is 0.159. The largest absolute Gasteiger partial charge is 0.510 e. The van der Waals surface area contributed by atoms with Crippen molar-refractivity contribution in [2.75, 3.05) is 19.9 Å². The van der Waals surface area contributed by atoms with Crippen molar-refractivity contribution in [3.63, 3.8) is 0 Å². The third kappa shape index (κ3) is 19.3.